The molecule has 0 saturated carbocycles. The third-order valence-electron chi connectivity index (χ3n) is 3.63. The summed E-state index contributed by atoms with van der Waals surface area (Å²) in [5.74, 6) is -0.425. The lowest BCUT2D eigenvalue weighted by molar-refractivity contribution is -0.135. The van der Waals surface area contributed by atoms with E-state index in [1.807, 2.05) is 0 Å². The fourth-order valence-electron chi connectivity index (χ4n) is 2.44. The summed E-state index contributed by atoms with van der Waals surface area (Å²) in [6.45, 7) is 2.41. The zero-order chi connectivity index (χ0) is 16.9. The molecule has 2 rings (SSSR count). The Balaban J connectivity index is 1.94. The molecule has 0 N–H and O–H groups in total. The maximum absolute atomic E-state index is 13.0. The molecule has 1 fully saturated rings. The lowest BCUT2D eigenvalue weighted by atomic mass is 10.2. The van der Waals surface area contributed by atoms with Crippen molar-refractivity contribution in [3.63, 3.8) is 0 Å². The average molecular weight is 344 g/mol. The molecule has 0 atom stereocenters. The van der Waals surface area contributed by atoms with Crippen LogP contribution in [0.2, 0.25) is 0 Å². The highest BCUT2D eigenvalue weighted by atomic mass is 32.2. The van der Waals surface area contributed by atoms with Gasteiger partial charge in [0, 0.05) is 26.1 Å². The van der Waals surface area contributed by atoms with Gasteiger partial charge in [-0.05, 0) is 30.7 Å². The molecule has 0 radical (unpaired) electrons. The second-order valence-electron chi connectivity index (χ2n) is 5.41. The molecular formula is C15H21FN2O4S. The molecule has 0 bridgehead atoms. The van der Waals surface area contributed by atoms with E-state index in [4.69, 9.17) is 4.74 Å². The predicted octanol–water partition coefficient (Wildman–Crippen LogP) is 1.23. The van der Waals surface area contributed by atoms with E-state index < -0.39 is 15.8 Å². The molecule has 1 aliphatic rings. The Morgan fingerprint density at radius 1 is 1.26 bits per heavy atom. The van der Waals surface area contributed by atoms with Gasteiger partial charge in [0.2, 0.25) is 15.9 Å². The molecule has 1 saturated heterocycles. The molecule has 0 spiro atoms. The fraction of sp³-hybridized carbons (Fsp3) is 0.533. The van der Waals surface area contributed by atoms with E-state index in [-0.39, 0.29) is 18.9 Å². The molecule has 1 amide bonds. The largest absolute Gasteiger partial charge is 0.378 e. The Labute approximate surface area is 135 Å². The molecule has 1 aromatic rings. The zero-order valence-corrected chi connectivity index (χ0v) is 13.9. The minimum atomic E-state index is -3.49. The molecule has 1 heterocycles. The number of nitrogens with zero attached hydrogens (tertiary/aromatic N) is 2. The van der Waals surface area contributed by atoms with Crippen molar-refractivity contribution in [2.45, 2.75) is 12.8 Å². The molecule has 8 heteroatoms. The van der Waals surface area contributed by atoms with Gasteiger partial charge in [0.25, 0.3) is 0 Å². The van der Waals surface area contributed by atoms with Crippen LogP contribution in [0.5, 0.6) is 0 Å². The number of benzene rings is 1. The third-order valence-corrected chi connectivity index (χ3v) is 4.82. The second kappa shape index (κ2) is 7.74. The van der Waals surface area contributed by atoms with E-state index in [0.29, 0.717) is 38.4 Å². The first kappa shape index (κ1) is 17.7. The highest BCUT2D eigenvalue weighted by Gasteiger charge is 2.20. The van der Waals surface area contributed by atoms with Crippen molar-refractivity contribution >= 4 is 21.6 Å². The monoisotopic (exact) mass is 344 g/mol. The van der Waals surface area contributed by atoms with Crippen LogP contribution in [-0.2, 0) is 19.6 Å². The van der Waals surface area contributed by atoms with Crippen LogP contribution in [0.1, 0.15) is 12.8 Å². The standard InChI is InChI=1S/C15H21FN2O4S/c1-23(20,21)18(14-6-4-13(16)5-7-14)8-2-3-15(19)17-9-11-22-12-10-17/h4-7H,2-3,8-12H2,1H3. The van der Waals surface area contributed by atoms with Gasteiger partial charge in [-0.15, -0.1) is 0 Å². The van der Waals surface area contributed by atoms with Gasteiger partial charge in [0.15, 0.2) is 0 Å². The van der Waals surface area contributed by atoms with E-state index in [1.165, 1.54) is 28.6 Å². The van der Waals surface area contributed by atoms with E-state index >= 15 is 0 Å². The summed E-state index contributed by atoms with van der Waals surface area (Å²) in [5.41, 5.74) is 0.396. The minimum Gasteiger partial charge on any atom is -0.378 e. The summed E-state index contributed by atoms with van der Waals surface area (Å²) in [5, 5.41) is 0. The molecule has 1 aliphatic heterocycles. The van der Waals surface area contributed by atoms with Gasteiger partial charge >= 0.3 is 0 Å². The first-order valence-corrected chi connectivity index (χ1v) is 9.31. The maximum atomic E-state index is 13.0. The number of amides is 1. The van der Waals surface area contributed by atoms with Gasteiger partial charge in [-0.3, -0.25) is 9.10 Å². The number of hydrogen-bond donors (Lipinski definition) is 0. The molecular weight excluding hydrogens is 323 g/mol. The number of carbonyl (C=O) groups is 1. The van der Waals surface area contributed by atoms with E-state index in [1.54, 1.807) is 4.90 Å². The van der Waals surface area contributed by atoms with Crippen molar-refractivity contribution in [1.82, 2.24) is 4.90 Å². The van der Waals surface area contributed by atoms with Crippen molar-refractivity contribution in [1.29, 1.82) is 0 Å². The van der Waals surface area contributed by atoms with Crippen molar-refractivity contribution in [3.05, 3.63) is 30.1 Å². The molecule has 6 nitrogen and oxygen atoms in total. The van der Waals surface area contributed by atoms with Crippen LogP contribution in [0.15, 0.2) is 24.3 Å². The fourth-order valence-corrected chi connectivity index (χ4v) is 3.40. The van der Waals surface area contributed by atoms with Crippen LogP contribution in [-0.4, -0.2) is 58.3 Å². The number of morpholine rings is 1. The number of hydrogen-bond acceptors (Lipinski definition) is 4. The normalized spacial score (nSPS) is 15.5. The van der Waals surface area contributed by atoms with Crippen LogP contribution in [0.25, 0.3) is 0 Å². The number of rotatable bonds is 6. The quantitative estimate of drug-likeness (QED) is 0.778. The number of sulfonamides is 1. The Morgan fingerprint density at radius 2 is 1.87 bits per heavy atom. The highest BCUT2D eigenvalue weighted by molar-refractivity contribution is 7.92. The van der Waals surface area contributed by atoms with Crippen molar-refractivity contribution in [2.75, 3.05) is 43.4 Å². The number of anilines is 1. The Hall–Kier alpha value is -1.67. The summed E-state index contributed by atoms with van der Waals surface area (Å²) < 4.78 is 43.2. The topological polar surface area (TPSA) is 66.9 Å². The summed E-state index contributed by atoms with van der Waals surface area (Å²) in [4.78, 5) is 13.8. The molecule has 128 valence electrons. The molecule has 0 aromatic heterocycles. The van der Waals surface area contributed by atoms with Gasteiger partial charge in [-0.2, -0.15) is 0 Å². The summed E-state index contributed by atoms with van der Waals surface area (Å²) in [7, 11) is -3.49. The second-order valence-corrected chi connectivity index (χ2v) is 7.32. The molecule has 23 heavy (non-hydrogen) atoms. The smallest absolute Gasteiger partial charge is 0.232 e. The van der Waals surface area contributed by atoms with Crippen LogP contribution < -0.4 is 4.31 Å². The van der Waals surface area contributed by atoms with Crippen molar-refractivity contribution < 1.29 is 22.3 Å². The Morgan fingerprint density at radius 3 is 2.43 bits per heavy atom. The van der Waals surface area contributed by atoms with Crippen LogP contribution in [0, 0.1) is 5.82 Å². The first-order valence-electron chi connectivity index (χ1n) is 7.47. The Bertz CT molecular complexity index is 627. The zero-order valence-electron chi connectivity index (χ0n) is 13.1. The number of carbonyl (C=O) groups excluding carboxylic acids is 1. The molecule has 0 aliphatic carbocycles. The van der Waals surface area contributed by atoms with Crippen molar-refractivity contribution in [3.8, 4) is 0 Å². The number of halogens is 1. The minimum absolute atomic E-state index is 0.000794. The lowest BCUT2D eigenvalue weighted by Crippen LogP contribution is -2.41. The predicted molar refractivity (Wildman–Crippen MR) is 85.2 cm³/mol. The van der Waals surface area contributed by atoms with E-state index in [2.05, 4.69) is 0 Å². The SMILES string of the molecule is CS(=O)(=O)N(CCCC(=O)N1CCOCC1)c1ccc(F)cc1. The van der Waals surface area contributed by atoms with Gasteiger partial charge in [0.05, 0.1) is 25.2 Å². The summed E-state index contributed by atoms with van der Waals surface area (Å²) >= 11 is 0. The van der Waals surface area contributed by atoms with E-state index in [0.717, 1.165) is 6.26 Å². The van der Waals surface area contributed by atoms with Gasteiger partial charge in [-0.1, -0.05) is 0 Å². The third kappa shape index (κ3) is 5.18. The highest BCUT2D eigenvalue weighted by Crippen LogP contribution is 2.19. The Kier molecular flexibility index (Phi) is 5.95. The van der Waals surface area contributed by atoms with Gasteiger partial charge < -0.3 is 9.64 Å². The van der Waals surface area contributed by atoms with Gasteiger partial charge in [-0.25, -0.2) is 12.8 Å². The van der Waals surface area contributed by atoms with Crippen LogP contribution >= 0.6 is 0 Å². The molecule has 1 aromatic carbocycles. The van der Waals surface area contributed by atoms with Crippen molar-refractivity contribution in [2.24, 2.45) is 0 Å². The van der Waals surface area contributed by atoms with Crippen LogP contribution in [0.3, 0.4) is 0 Å². The number of ether oxygens (including phenoxy) is 1. The van der Waals surface area contributed by atoms with Gasteiger partial charge in [0.1, 0.15) is 5.82 Å². The average Bonchev–Trinajstić information content (AvgIpc) is 2.52. The van der Waals surface area contributed by atoms with Crippen LogP contribution in [0.4, 0.5) is 10.1 Å². The lowest BCUT2D eigenvalue weighted by Gasteiger charge is -2.27. The maximum Gasteiger partial charge on any atom is 0.232 e. The first-order chi connectivity index (χ1) is 10.9. The summed E-state index contributed by atoms with van der Waals surface area (Å²) in [6, 6.07) is 5.26. The molecule has 0 unspecified atom stereocenters. The summed E-state index contributed by atoms with van der Waals surface area (Å²) in [6.07, 6.45) is 1.77. The van der Waals surface area contributed by atoms with E-state index in [9.17, 15) is 17.6 Å².